The van der Waals surface area contributed by atoms with Crippen molar-refractivity contribution < 1.29 is 18.0 Å². The standard InChI is InChI=1S/C15H17BrF3NO/c1-10(14(21)11-2-4-13(16)5-3-11)20-8-6-12(7-9-20)15(17,18)19/h2-5,10,12H,6-9H2,1H3. The molecule has 21 heavy (non-hydrogen) atoms. The van der Waals surface area contributed by atoms with E-state index in [-0.39, 0.29) is 24.7 Å². The normalized spacial score (nSPS) is 19.5. The molecule has 0 amide bonds. The van der Waals surface area contributed by atoms with E-state index >= 15 is 0 Å². The van der Waals surface area contributed by atoms with Crippen molar-refractivity contribution >= 4 is 21.7 Å². The molecule has 0 N–H and O–H groups in total. The highest BCUT2D eigenvalue weighted by atomic mass is 79.9. The van der Waals surface area contributed by atoms with Crippen LogP contribution in [0.15, 0.2) is 28.7 Å². The average Bonchev–Trinajstić information content (AvgIpc) is 2.46. The van der Waals surface area contributed by atoms with E-state index in [1.54, 1.807) is 31.2 Å². The molecular formula is C15H17BrF3NO. The Bertz CT molecular complexity index is 493. The number of halogens is 4. The van der Waals surface area contributed by atoms with Crippen molar-refractivity contribution in [3.63, 3.8) is 0 Å². The molecule has 1 aromatic carbocycles. The number of piperidine rings is 1. The van der Waals surface area contributed by atoms with Gasteiger partial charge in [0.25, 0.3) is 0 Å². The zero-order valence-corrected chi connectivity index (χ0v) is 13.2. The van der Waals surface area contributed by atoms with Gasteiger partial charge in [0.1, 0.15) is 0 Å². The number of benzene rings is 1. The molecule has 1 heterocycles. The minimum atomic E-state index is -4.12. The fourth-order valence-corrected chi connectivity index (χ4v) is 2.90. The van der Waals surface area contributed by atoms with E-state index in [1.165, 1.54) is 0 Å². The van der Waals surface area contributed by atoms with Crippen molar-refractivity contribution in [1.29, 1.82) is 0 Å². The summed E-state index contributed by atoms with van der Waals surface area (Å²) in [7, 11) is 0. The minimum absolute atomic E-state index is 0.0482. The van der Waals surface area contributed by atoms with Gasteiger partial charge in [-0.2, -0.15) is 13.2 Å². The fourth-order valence-electron chi connectivity index (χ4n) is 2.64. The Labute approximate surface area is 130 Å². The van der Waals surface area contributed by atoms with E-state index in [2.05, 4.69) is 15.9 Å². The predicted molar refractivity (Wildman–Crippen MR) is 78.3 cm³/mol. The quantitative estimate of drug-likeness (QED) is 0.746. The summed E-state index contributed by atoms with van der Waals surface area (Å²) < 4.78 is 38.8. The largest absolute Gasteiger partial charge is 0.391 e. The van der Waals surface area contributed by atoms with Crippen LogP contribution in [0.25, 0.3) is 0 Å². The van der Waals surface area contributed by atoms with Gasteiger partial charge in [-0.1, -0.05) is 28.1 Å². The van der Waals surface area contributed by atoms with Crippen LogP contribution in [0.5, 0.6) is 0 Å². The number of hydrogen-bond donors (Lipinski definition) is 0. The second-order valence-electron chi connectivity index (χ2n) is 5.40. The van der Waals surface area contributed by atoms with Crippen LogP contribution in [0, 0.1) is 5.92 Å². The third kappa shape index (κ3) is 4.07. The number of carbonyl (C=O) groups excluding carboxylic acids is 1. The van der Waals surface area contributed by atoms with Crippen LogP contribution in [-0.4, -0.2) is 36.0 Å². The summed E-state index contributed by atoms with van der Waals surface area (Å²) in [5.41, 5.74) is 0.587. The Morgan fingerprint density at radius 2 is 1.76 bits per heavy atom. The molecule has 0 radical (unpaired) electrons. The molecule has 1 aliphatic rings. The summed E-state index contributed by atoms with van der Waals surface area (Å²) in [6.07, 6.45) is -3.98. The Morgan fingerprint density at radius 3 is 2.24 bits per heavy atom. The molecule has 2 nitrogen and oxygen atoms in total. The zero-order chi connectivity index (χ0) is 15.6. The van der Waals surface area contributed by atoms with E-state index in [0.29, 0.717) is 18.7 Å². The van der Waals surface area contributed by atoms with Gasteiger partial charge in [-0.25, -0.2) is 0 Å². The molecule has 1 aliphatic heterocycles. The molecule has 0 aromatic heterocycles. The van der Waals surface area contributed by atoms with Gasteiger partial charge < -0.3 is 0 Å². The van der Waals surface area contributed by atoms with Gasteiger partial charge in [-0.15, -0.1) is 0 Å². The first kappa shape index (κ1) is 16.5. The SMILES string of the molecule is CC(C(=O)c1ccc(Br)cc1)N1CCC(C(F)(F)F)CC1. The first-order chi connectivity index (χ1) is 9.79. The van der Waals surface area contributed by atoms with E-state index in [4.69, 9.17) is 0 Å². The Kier molecular flexibility index (Phi) is 5.09. The lowest BCUT2D eigenvalue weighted by molar-refractivity contribution is -0.185. The van der Waals surface area contributed by atoms with Crippen molar-refractivity contribution in [3.8, 4) is 0 Å². The number of rotatable bonds is 3. The topological polar surface area (TPSA) is 20.3 Å². The third-order valence-corrected chi connectivity index (χ3v) is 4.58. The fraction of sp³-hybridized carbons (Fsp3) is 0.533. The van der Waals surface area contributed by atoms with Crippen molar-refractivity contribution in [2.45, 2.75) is 32.0 Å². The zero-order valence-electron chi connectivity index (χ0n) is 11.7. The summed E-state index contributed by atoms with van der Waals surface area (Å²) in [5.74, 6) is -1.28. The van der Waals surface area contributed by atoms with Gasteiger partial charge >= 0.3 is 6.18 Å². The molecule has 0 aliphatic carbocycles. The molecule has 6 heteroatoms. The highest BCUT2D eigenvalue weighted by molar-refractivity contribution is 9.10. The molecule has 1 atom stereocenters. The summed E-state index contributed by atoms with van der Waals surface area (Å²) in [6.45, 7) is 2.39. The third-order valence-electron chi connectivity index (χ3n) is 4.05. The first-order valence-corrected chi connectivity index (χ1v) is 7.69. The number of ketones is 1. The van der Waals surface area contributed by atoms with Crippen LogP contribution in [-0.2, 0) is 0 Å². The van der Waals surface area contributed by atoms with Gasteiger partial charge in [-0.3, -0.25) is 9.69 Å². The van der Waals surface area contributed by atoms with E-state index < -0.39 is 12.1 Å². The highest BCUT2D eigenvalue weighted by Gasteiger charge is 2.42. The van der Waals surface area contributed by atoms with Crippen molar-refractivity contribution in [3.05, 3.63) is 34.3 Å². The van der Waals surface area contributed by atoms with Crippen LogP contribution in [0.1, 0.15) is 30.1 Å². The number of nitrogens with zero attached hydrogens (tertiary/aromatic N) is 1. The molecule has 0 bridgehead atoms. The van der Waals surface area contributed by atoms with Gasteiger partial charge in [0, 0.05) is 10.0 Å². The molecular weight excluding hydrogens is 347 g/mol. The van der Waals surface area contributed by atoms with Gasteiger partial charge in [0.15, 0.2) is 5.78 Å². The van der Waals surface area contributed by atoms with E-state index in [1.807, 2.05) is 4.90 Å². The summed E-state index contributed by atoms with van der Waals surface area (Å²) in [4.78, 5) is 14.2. The maximum Gasteiger partial charge on any atom is 0.391 e. The summed E-state index contributed by atoms with van der Waals surface area (Å²) >= 11 is 3.31. The molecule has 116 valence electrons. The summed E-state index contributed by atoms with van der Waals surface area (Å²) in [6, 6.07) is 6.64. The van der Waals surface area contributed by atoms with Gasteiger partial charge in [0.2, 0.25) is 0 Å². The lowest BCUT2D eigenvalue weighted by Gasteiger charge is -2.36. The van der Waals surface area contributed by atoms with Crippen LogP contribution in [0.2, 0.25) is 0 Å². The predicted octanol–water partition coefficient (Wildman–Crippen LogP) is 4.29. The number of carbonyl (C=O) groups is 1. The number of likely N-dealkylation sites (tertiary alicyclic amines) is 1. The Hall–Kier alpha value is -0.880. The van der Waals surface area contributed by atoms with Crippen molar-refractivity contribution in [2.24, 2.45) is 5.92 Å². The first-order valence-electron chi connectivity index (χ1n) is 6.89. The Balaban J connectivity index is 1.97. The van der Waals surface area contributed by atoms with E-state index in [9.17, 15) is 18.0 Å². The second kappa shape index (κ2) is 6.48. The van der Waals surface area contributed by atoms with E-state index in [0.717, 1.165) is 4.47 Å². The number of hydrogen-bond acceptors (Lipinski definition) is 2. The smallest absolute Gasteiger partial charge is 0.293 e. The van der Waals surface area contributed by atoms with Crippen LogP contribution in [0.3, 0.4) is 0 Å². The highest BCUT2D eigenvalue weighted by Crippen LogP contribution is 2.34. The van der Waals surface area contributed by atoms with Crippen molar-refractivity contribution in [1.82, 2.24) is 4.90 Å². The van der Waals surface area contributed by atoms with Crippen LogP contribution < -0.4 is 0 Å². The lowest BCUT2D eigenvalue weighted by Crippen LogP contribution is -2.46. The molecule has 0 saturated carbocycles. The average molecular weight is 364 g/mol. The monoisotopic (exact) mass is 363 g/mol. The van der Waals surface area contributed by atoms with Crippen LogP contribution in [0.4, 0.5) is 13.2 Å². The number of alkyl halides is 3. The molecule has 1 unspecified atom stereocenters. The maximum atomic E-state index is 12.6. The summed E-state index contributed by atoms with van der Waals surface area (Å²) in [5, 5.41) is 0. The Morgan fingerprint density at radius 1 is 1.24 bits per heavy atom. The van der Waals surface area contributed by atoms with Gasteiger partial charge in [-0.05, 0) is 45.0 Å². The molecule has 2 rings (SSSR count). The molecule has 0 spiro atoms. The minimum Gasteiger partial charge on any atom is -0.293 e. The van der Waals surface area contributed by atoms with Crippen molar-refractivity contribution in [2.75, 3.05) is 13.1 Å². The number of Topliss-reactive ketones (excluding diaryl/α,β-unsaturated/α-hetero) is 1. The molecule has 1 fully saturated rings. The van der Waals surface area contributed by atoms with Crippen LogP contribution >= 0.6 is 15.9 Å². The maximum absolute atomic E-state index is 12.6. The molecule has 1 aromatic rings. The van der Waals surface area contributed by atoms with Gasteiger partial charge in [0.05, 0.1) is 12.0 Å². The molecule has 1 saturated heterocycles. The lowest BCUT2D eigenvalue weighted by atomic mass is 9.94. The second-order valence-corrected chi connectivity index (χ2v) is 6.31.